The number of carbonyl (C=O) groups excluding carboxylic acids is 1. The second-order valence-electron chi connectivity index (χ2n) is 5.25. The van der Waals surface area contributed by atoms with Crippen molar-refractivity contribution in [2.75, 3.05) is 0 Å². The van der Waals surface area contributed by atoms with Crippen LogP contribution >= 0.6 is 11.3 Å². The molecule has 1 amide bonds. The van der Waals surface area contributed by atoms with Gasteiger partial charge >= 0.3 is 5.97 Å². The van der Waals surface area contributed by atoms with Crippen LogP contribution in [-0.4, -0.2) is 23.0 Å². The Labute approximate surface area is 116 Å². The summed E-state index contributed by atoms with van der Waals surface area (Å²) in [5.41, 5.74) is 0. The molecule has 2 N–H and O–H groups in total. The fraction of sp³-hybridized carbons (Fsp3) is 0.571. The highest BCUT2D eigenvalue weighted by Crippen LogP contribution is 2.34. The number of aryl methyl sites for hydroxylation is 1. The Morgan fingerprint density at radius 3 is 2.58 bits per heavy atom. The fourth-order valence-electron chi connectivity index (χ4n) is 2.41. The highest BCUT2D eigenvalue weighted by molar-refractivity contribution is 7.11. The molecule has 1 fully saturated rings. The molecule has 1 aliphatic rings. The van der Waals surface area contributed by atoms with E-state index in [1.54, 1.807) is 11.3 Å². The third kappa shape index (κ3) is 3.35. The van der Waals surface area contributed by atoms with Gasteiger partial charge in [-0.15, -0.1) is 11.3 Å². The van der Waals surface area contributed by atoms with Crippen LogP contribution in [0, 0.1) is 18.8 Å². The summed E-state index contributed by atoms with van der Waals surface area (Å²) >= 11 is 1.73. The lowest BCUT2D eigenvalue weighted by Gasteiger charge is -2.32. The standard InChI is InChI=1S/C14H19NO3S/c1-8(7-10-4-3-9(2)19-10)15-13(16)11-5-6-12(11)14(17)18/h3-4,8,11-12H,5-7H2,1-2H3,(H,15,16)(H,17,18). The number of thiophene rings is 1. The van der Waals surface area contributed by atoms with E-state index < -0.39 is 11.9 Å². The van der Waals surface area contributed by atoms with Crippen molar-refractivity contribution >= 4 is 23.2 Å². The number of aliphatic carboxylic acids is 1. The lowest BCUT2D eigenvalue weighted by atomic mass is 9.73. The highest BCUT2D eigenvalue weighted by Gasteiger charge is 2.41. The number of carbonyl (C=O) groups is 2. The maximum absolute atomic E-state index is 12.0. The molecule has 0 aromatic carbocycles. The monoisotopic (exact) mass is 281 g/mol. The van der Waals surface area contributed by atoms with Crippen molar-refractivity contribution in [1.82, 2.24) is 5.32 Å². The first-order chi connectivity index (χ1) is 8.97. The molecular weight excluding hydrogens is 262 g/mol. The number of carboxylic acids is 1. The van der Waals surface area contributed by atoms with E-state index in [9.17, 15) is 9.59 Å². The van der Waals surface area contributed by atoms with Crippen LogP contribution in [0.3, 0.4) is 0 Å². The second kappa shape index (κ2) is 5.74. The summed E-state index contributed by atoms with van der Waals surface area (Å²) in [6.07, 6.45) is 2.11. The smallest absolute Gasteiger partial charge is 0.307 e. The van der Waals surface area contributed by atoms with Gasteiger partial charge in [0.25, 0.3) is 0 Å². The summed E-state index contributed by atoms with van der Waals surface area (Å²) in [6, 6.07) is 4.19. The zero-order valence-corrected chi connectivity index (χ0v) is 12.0. The lowest BCUT2D eigenvalue weighted by molar-refractivity contribution is -0.152. The Morgan fingerprint density at radius 2 is 2.11 bits per heavy atom. The number of nitrogens with one attached hydrogen (secondary N) is 1. The quantitative estimate of drug-likeness (QED) is 0.869. The molecule has 1 saturated carbocycles. The molecule has 1 aromatic heterocycles. The predicted octanol–water partition coefficient (Wildman–Crippen LogP) is 2.21. The average Bonchev–Trinajstić information content (AvgIpc) is 2.60. The lowest BCUT2D eigenvalue weighted by Crippen LogP contribution is -2.47. The Bertz CT molecular complexity index is 483. The molecule has 4 nitrogen and oxygen atoms in total. The summed E-state index contributed by atoms with van der Waals surface area (Å²) in [4.78, 5) is 25.4. The molecule has 2 rings (SSSR count). The molecule has 0 radical (unpaired) electrons. The molecule has 0 saturated heterocycles. The maximum atomic E-state index is 12.0. The van der Waals surface area contributed by atoms with Gasteiger partial charge in [0.1, 0.15) is 0 Å². The van der Waals surface area contributed by atoms with Crippen LogP contribution in [-0.2, 0) is 16.0 Å². The summed E-state index contributed by atoms with van der Waals surface area (Å²) in [7, 11) is 0. The van der Waals surface area contributed by atoms with Crippen molar-refractivity contribution in [3.05, 3.63) is 21.9 Å². The molecule has 1 aliphatic carbocycles. The van der Waals surface area contributed by atoms with Gasteiger partial charge in [0, 0.05) is 22.2 Å². The van der Waals surface area contributed by atoms with Crippen LogP contribution in [0.4, 0.5) is 0 Å². The second-order valence-corrected chi connectivity index (χ2v) is 6.63. The van der Waals surface area contributed by atoms with E-state index >= 15 is 0 Å². The minimum absolute atomic E-state index is 0.0422. The highest BCUT2D eigenvalue weighted by atomic mass is 32.1. The molecule has 5 heteroatoms. The summed E-state index contributed by atoms with van der Waals surface area (Å²) in [5.74, 6) is -1.80. The number of hydrogen-bond acceptors (Lipinski definition) is 3. The summed E-state index contributed by atoms with van der Waals surface area (Å²) < 4.78 is 0. The van der Waals surface area contributed by atoms with Gasteiger partial charge in [-0.2, -0.15) is 0 Å². The molecule has 0 aliphatic heterocycles. The van der Waals surface area contributed by atoms with Crippen molar-refractivity contribution in [3.63, 3.8) is 0 Å². The van der Waals surface area contributed by atoms with Crippen molar-refractivity contribution in [1.29, 1.82) is 0 Å². The number of amides is 1. The normalized spacial score (nSPS) is 23.5. The Hall–Kier alpha value is -1.36. The largest absolute Gasteiger partial charge is 0.481 e. The van der Waals surface area contributed by atoms with E-state index in [1.807, 2.05) is 6.92 Å². The predicted molar refractivity (Wildman–Crippen MR) is 74.2 cm³/mol. The van der Waals surface area contributed by atoms with Crippen molar-refractivity contribution < 1.29 is 14.7 Å². The number of carboxylic acid groups (broad SMARTS) is 1. The summed E-state index contributed by atoms with van der Waals surface area (Å²) in [6.45, 7) is 4.02. The third-order valence-corrected chi connectivity index (χ3v) is 4.64. The van der Waals surface area contributed by atoms with Crippen molar-refractivity contribution in [3.8, 4) is 0 Å². The SMILES string of the molecule is Cc1ccc(CC(C)NC(=O)C2CCC2C(=O)O)s1. The third-order valence-electron chi connectivity index (χ3n) is 3.62. The average molecular weight is 281 g/mol. The zero-order valence-electron chi connectivity index (χ0n) is 11.2. The minimum atomic E-state index is -0.854. The zero-order chi connectivity index (χ0) is 14.0. The van der Waals surface area contributed by atoms with Crippen molar-refractivity contribution in [2.45, 2.75) is 39.2 Å². The van der Waals surface area contributed by atoms with E-state index in [4.69, 9.17) is 5.11 Å². The van der Waals surface area contributed by atoms with Gasteiger partial charge in [0.05, 0.1) is 11.8 Å². The van der Waals surface area contributed by atoms with Gasteiger partial charge in [-0.1, -0.05) is 0 Å². The van der Waals surface area contributed by atoms with E-state index in [-0.39, 0.29) is 17.9 Å². The molecule has 19 heavy (non-hydrogen) atoms. The van der Waals surface area contributed by atoms with E-state index in [2.05, 4.69) is 24.4 Å². The summed E-state index contributed by atoms with van der Waals surface area (Å²) in [5, 5.41) is 11.9. The van der Waals surface area contributed by atoms with Gasteiger partial charge in [-0.3, -0.25) is 9.59 Å². The maximum Gasteiger partial charge on any atom is 0.307 e. The molecule has 0 bridgehead atoms. The topological polar surface area (TPSA) is 66.4 Å². The molecule has 1 aromatic rings. The Kier molecular flexibility index (Phi) is 4.24. The van der Waals surface area contributed by atoms with Gasteiger partial charge in [0.15, 0.2) is 0 Å². The van der Waals surface area contributed by atoms with E-state index in [1.165, 1.54) is 9.75 Å². The van der Waals surface area contributed by atoms with Crippen LogP contribution in [0.5, 0.6) is 0 Å². The van der Waals surface area contributed by atoms with Crippen LogP contribution in [0.25, 0.3) is 0 Å². The minimum Gasteiger partial charge on any atom is -0.481 e. The molecule has 104 valence electrons. The molecule has 0 spiro atoms. The van der Waals surface area contributed by atoms with Crippen LogP contribution in [0.1, 0.15) is 29.5 Å². The van der Waals surface area contributed by atoms with E-state index in [0.29, 0.717) is 12.8 Å². The fourth-order valence-corrected chi connectivity index (χ4v) is 3.43. The van der Waals surface area contributed by atoms with Crippen LogP contribution in [0.2, 0.25) is 0 Å². The molecule has 1 heterocycles. The van der Waals surface area contributed by atoms with Gasteiger partial charge in [-0.25, -0.2) is 0 Å². The molecule has 3 atom stereocenters. The Balaban J connectivity index is 1.83. The first-order valence-electron chi connectivity index (χ1n) is 6.56. The number of hydrogen-bond donors (Lipinski definition) is 2. The van der Waals surface area contributed by atoms with Crippen LogP contribution < -0.4 is 5.32 Å². The first kappa shape index (κ1) is 14.1. The molecule has 3 unspecified atom stereocenters. The van der Waals surface area contributed by atoms with Gasteiger partial charge in [-0.05, 0) is 38.8 Å². The first-order valence-corrected chi connectivity index (χ1v) is 7.37. The molecular formula is C14H19NO3S. The number of rotatable bonds is 5. The van der Waals surface area contributed by atoms with Crippen molar-refractivity contribution in [2.24, 2.45) is 11.8 Å². The van der Waals surface area contributed by atoms with Crippen LogP contribution in [0.15, 0.2) is 12.1 Å². The Morgan fingerprint density at radius 1 is 1.42 bits per heavy atom. The van der Waals surface area contributed by atoms with E-state index in [0.717, 1.165) is 6.42 Å². The van der Waals surface area contributed by atoms with Gasteiger partial charge in [0.2, 0.25) is 5.91 Å². The van der Waals surface area contributed by atoms with Gasteiger partial charge < -0.3 is 10.4 Å².